The van der Waals surface area contributed by atoms with Gasteiger partial charge in [-0.05, 0) is 29.5 Å². The van der Waals surface area contributed by atoms with Gasteiger partial charge in [0.1, 0.15) is 16.2 Å². The first kappa shape index (κ1) is 19.3. The minimum atomic E-state index is -0.192. The number of carbonyl (C=O) groups excluding carboxylic acids is 2. The van der Waals surface area contributed by atoms with Crippen molar-refractivity contribution in [2.75, 3.05) is 17.6 Å². The predicted octanol–water partition coefficient (Wildman–Crippen LogP) is 3.81. The van der Waals surface area contributed by atoms with Crippen LogP contribution in [-0.4, -0.2) is 34.1 Å². The van der Waals surface area contributed by atoms with Crippen molar-refractivity contribution in [3.8, 4) is 0 Å². The van der Waals surface area contributed by atoms with E-state index < -0.39 is 0 Å². The second kappa shape index (κ2) is 8.96. The van der Waals surface area contributed by atoms with Crippen LogP contribution in [0.25, 0.3) is 10.2 Å². The van der Waals surface area contributed by atoms with Gasteiger partial charge in [0.25, 0.3) is 5.91 Å². The zero-order valence-electron chi connectivity index (χ0n) is 15.1. The summed E-state index contributed by atoms with van der Waals surface area (Å²) in [6.45, 7) is 4.65. The number of para-hydroxylation sites is 1. The van der Waals surface area contributed by atoms with E-state index in [0.717, 1.165) is 15.2 Å². The molecule has 0 atom stereocenters. The second-order valence-electron chi connectivity index (χ2n) is 6.30. The number of hydrogen-bond donors (Lipinski definition) is 2. The molecule has 3 rings (SSSR count). The van der Waals surface area contributed by atoms with Crippen LogP contribution in [0.15, 0.2) is 47.1 Å². The van der Waals surface area contributed by atoms with E-state index >= 15 is 0 Å². The van der Waals surface area contributed by atoms with Crippen molar-refractivity contribution in [1.29, 1.82) is 0 Å². The molecule has 2 amide bonds. The van der Waals surface area contributed by atoms with Crippen molar-refractivity contribution >= 4 is 50.8 Å². The lowest BCUT2D eigenvalue weighted by Gasteiger charge is -2.12. The molecule has 0 aliphatic heterocycles. The standard InChI is InChI=1S/C19H20N4O2S2/c1-12(2)9-20-17(25)13-5-3-4-6-15(13)23-16(24)10-27-19-14-7-8-26-18(14)21-11-22-19/h3-8,11-12H,9-10H2,1-2H3,(H,20,25)(H,23,24). The van der Waals surface area contributed by atoms with Crippen molar-refractivity contribution in [1.82, 2.24) is 15.3 Å². The molecule has 0 aliphatic carbocycles. The highest BCUT2D eigenvalue weighted by atomic mass is 32.2. The van der Waals surface area contributed by atoms with Crippen LogP contribution in [0, 0.1) is 5.92 Å². The highest BCUT2D eigenvalue weighted by Gasteiger charge is 2.14. The number of fused-ring (bicyclic) bond motifs is 1. The van der Waals surface area contributed by atoms with E-state index in [4.69, 9.17) is 0 Å². The van der Waals surface area contributed by atoms with Crippen LogP contribution in [0.3, 0.4) is 0 Å². The van der Waals surface area contributed by atoms with Gasteiger partial charge >= 0.3 is 0 Å². The van der Waals surface area contributed by atoms with Crippen LogP contribution in [0.1, 0.15) is 24.2 Å². The molecule has 27 heavy (non-hydrogen) atoms. The Kier molecular flexibility index (Phi) is 6.41. The summed E-state index contributed by atoms with van der Waals surface area (Å²) in [5.41, 5.74) is 0.964. The third kappa shape index (κ3) is 5.05. The van der Waals surface area contributed by atoms with Crippen LogP contribution in [0.4, 0.5) is 5.69 Å². The van der Waals surface area contributed by atoms with Gasteiger partial charge in [-0.1, -0.05) is 37.7 Å². The Labute approximate surface area is 165 Å². The molecule has 8 heteroatoms. The predicted molar refractivity (Wildman–Crippen MR) is 110 cm³/mol. The molecule has 0 bridgehead atoms. The van der Waals surface area contributed by atoms with E-state index in [2.05, 4.69) is 20.6 Å². The smallest absolute Gasteiger partial charge is 0.253 e. The third-order valence-corrected chi connectivity index (χ3v) is 5.51. The number of thiophene rings is 1. The summed E-state index contributed by atoms with van der Waals surface area (Å²) in [5, 5.41) is 9.39. The second-order valence-corrected chi connectivity index (χ2v) is 8.16. The first-order valence-corrected chi connectivity index (χ1v) is 10.4. The van der Waals surface area contributed by atoms with Crippen molar-refractivity contribution in [2.45, 2.75) is 18.9 Å². The monoisotopic (exact) mass is 400 g/mol. The molecular formula is C19H20N4O2S2. The molecular weight excluding hydrogens is 380 g/mol. The molecule has 6 nitrogen and oxygen atoms in total. The minimum absolute atomic E-state index is 0.189. The fourth-order valence-electron chi connectivity index (χ4n) is 2.38. The molecule has 0 unspecified atom stereocenters. The lowest BCUT2D eigenvalue weighted by atomic mass is 10.1. The normalized spacial score (nSPS) is 10.9. The Bertz CT molecular complexity index is 956. The van der Waals surface area contributed by atoms with Gasteiger partial charge in [-0.25, -0.2) is 9.97 Å². The van der Waals surface area contributed by atoms with Gasteiger partial charge in [0.15, 0.2) is 0 Å². The molecule has 2 heterocycles. The minimum Gasteiger partial charge on any atom is -0.352 e. The van der Waals surface area contributed by atoms with E-state index in [9.17, 15) is 9.59 Å². The molecule has 140 valence electrons. The SMILES string of the molecule is CC(C)CNC(=O)c1ccccc1NC(=O)CSc1ncnc2sccc12. The van der Waals surface area contributed by atoms with Gasteiger partial charge in [0.05, 0.1) is 17.0 Å². The molecule has 2 aromatic heterocycles. The van der Waals surface area contributed by atoms with Gasteiger partial charge in [0, 0.05) is 11.9 Å². The number of carbonyl (C=O) groups is 2. The first-order valence-electron chi connectivity index (χ1n) is 8.52. The summed E-state index contributed by atoms with van der Waals surface area (Å²) in [5.74, 6) is 0.173. The number of anilines is 1. The Morgan fingerprint density at radius 2 is 2.00 bits per heavy atom. The summed E-state index contributed by atoms with van der Waals surface area (Å²) in [6, 6.07) is 8.96. The number of hydrogen-bond acceptors (Lipinski definition) is 6. The number of rotatable bonds is 7. The maximum absolute atomic E-state index is 12.4. The summed E-state index contributed by atoms with van der Waals surface area (Å²) >= 11 is 2.89. The molecule has 1 aromatic carbocycles. The molecule has 0 aliphatic rings. The van der Waals surface area contributed by atoms with E-state index in [1.165, 1.54) is 18.1 Å². The van der Waals surface area contributed by atoms with Crippen LogP contribution >= 0.6 is 23.1 Å². The Morgan fingerprint density at radius 3 is 2.81 bits per heavy atom. The zero-order valence-corrected chi connectivity index (χ0v) is 16.7. The van der Waals surface area contributed by atoms with E-state index in [1.807, 2.05) is 25.3 Å². The average molecular weight is 401 g/mol. The van der Waals surface area contributed by atoms with Crippen LogP contribution in [0.2, 0.25) is 0 Å². The van der Waals surface area contributed by atoms with Gasteiger partial charge in [-0.3, -0.25) is 9.59 Å². The Hall–Kier alpha value is -2.45. The van der Waals surface area contributed by atoms with Crippen molar-refractivity contribution < 1.29 is 9.59 Å². The lowest BCUT2D eigenvalue weighted by molar-refractivity contribution is -0.113. The summed E-state index contributed by atoms with van der Waals surface area (Å²) < 4.78 is 0. The van der Waals surface area contributed by atoms with Crippen molar-refractivity contribution in [2.24, 2.45) is 5.92 Å². The molecule has 0 saturated heterocycles. The zero-order chi connectivity index (χ0) is 19.2. The van der Waals surface area contributed by atoms with E-state index in [0.29, 0.717) is 23.7 Å². The largest absolute Gasteiger partial charge is 0.352 e. The number of benzene rings is 1. The lowest BCUT2D eigenvalue weighted by Crippen LogP contribution is -2.28. The Morgan fingerprint density at radius 1 is 1.19 bits per heavy atom. The van der Waals surface area contributed by atoms with Crippen LogP contribution in [0.5, 0.6) is 0 Å². The fraction of sp³-hybridized carbons (Fsp3) is 0.263. The van der Waals surface area contributed by atoms with Crippen LogP contribution in [-0.2, 0) is 4.79 Å². The molecule has 2 N–H and O–H groups in total. The molecule has 0 fully saturated rings. The topological polar surface area (TPSA) is 84.0 Å². The number of nitrogens with one attached hydrogen (secondary N) is 2. The molecule has 0 spiro atoms. The summed E-state index contributed by atoms with van der Waals surface area (Å²) in [7, 11) is 0. The number of nitrogens with zero attached hydrogens (tertiary/aromatic N) is 2. The number of aromatic nitrogens is 2. The quantitative estimate of drug-likeness (QED) is 0.465. The summed E-state index contributed by atoms with van der Waals surface area (Å²) in [4.78, 5) is 34.1. The maximum Gasteiger partial charge on any atom is 0.253 e. The fourth-order valence-corrected chi connectivity index (χ4v) is 3.96. The van der Waals surface area contributed by atoms with Gasteiger partial charge < -0.3 is 10.6 Å². The molecule has 0 radical (unpaired) electrons. The molecule has 3 aromatic rings. The summed E-state index contributed by atoms with van der Waals surface area (Å²) in [6.07, 6.45) is 1.51. The number of thioether (sulfide) groups is 1. The maximum atomic E-state index is 12.4. The van der Waals surface area contributed by atoms with Gasteiger partial charge in [-0.15, -0.1) is 11.3 Å². The average Bonchev–Trinajstić information content (AvgIpc) is 3.14. The molecule has 0 saturated carbocycles. The van der Waals surface area contributed by atoms with Crippen molar-refractivity contribution in [3.63, 3.8) is 0 Å². The van der Waals surface area contributed by atoms with Crippen molar-refractivity contribution in [3.05, 3.63) is 47.6 Å². The van der Waals surface area contributed by atoms with Crippen LogP contribution < -0.4 is 10.6 Å². The van der Waals surface area contributed by atoms with E-state index in [-0.39, 0.29) is 17.6 Å². The van der Waals surface area contributed by atoms with E-state index in [1.54, 1.807) is 35.6 Å². The van der Waals surface area contributed by atoms with Gasteiger partial charge in [0.2, 0.25) is 5.91 Å². The highest BCUT2D eigenvalue weighted by molar-refractivity contribution is 8.00. The third-order valence-electron chi connectivity index (χ3n) is 3.68. The first-order chi connectivity index (χ1) is 13.0. The number of amides is 2. The highest BCUT2D eigenvalue weighted by Crippen LogP contribution is 2.27. The Balaban J connectivity index is 1.64. The van der Waals surface area contributed by atoms with Gasteiger partial charge in [-0.2, -0.15) is 0 Å².